The Hall–Kier alpha value is -3.89. The number of pyridine rings is 1. The van der Waals surface area contributed by atoms with Crippen molar-refractivity contribution in [1.82, 2.24) is 20.1 Å². The summed E-state index contributed by atoms with van der Waals surface area (Å²) < 4.78 is 42.1. The number of hydrogen-bond acceptors (Lipinski definition) is 5. The summed E-state index contributed by atoms with van der Waals surface area (Å²) in [5.74, 6) is -0.552. The van der Waals surface area contributed by atoms with E-state index in [1.54, 1.807) is 23.1 Å². The van der Waals surface area contributed by atoms with Gasteiger partial charge in [-0.25, -0.2) is 9.67 Å². The molecule has 1 aliphatic rings. The van der Waals surface area contributed by atoms with Crippen molar-refractivity contribution in [1.29, 1.82) is 0 Å². The third kappa shape index (κ3) is 4.41. The van der Waals surface area contributed by atoms with Crippen LogP contribution in [0.1, 0.15) is 21.6 Å². The zero-order chi connectivity index (χ0) is 22.9. The molecular weight excluding hydrogens is 425 g/mol. The lowest BCUT2D eigenvalue weighted by molar-refractivity contribution is -0.143. The number of alkyl halides is 3. The van der Waals surface area contributed by atoms with Crippen LogP contribution in [0.15, 0.2) is 48.8 Å². The minimum absolute atomic E-state index is 0.124. The lowest BCUT2D eigenvalue weighted by Crippen LogP contribution is -2.48. The van der Waals surface area contributed by atoms with Crippen LogP contribution in [0.2, 0.25) is 0 Å². The molecule has 2 aromatic heterocycles. The fourth-order valence-corrected chi connectivity index (χ4v) is 3.35. The van der Waals surface area contributed by atoms with Crippen LogP contribution in [0.4, 0.5) is 24.7 Å². The molecule has 166 valence electrons. The third-order valence-corrected chi connectivity index (χ3v) is 4.93. The van der Waals surface area contributed by atoms with Gasteiger partial charge in [0.25, 0.3) is 5.91 Å². The van der Waals surface area contributed by atoms with E-state index in [-0.39, 0.29) is 23.8 Å². The van der Waals surface area contributed by atoms with E-state index >= 15 is 0 Å². The molecular formula is C21H19F3N6O2. The van der Waals surface area contributed by atoms with Gasteiger partial charge in [-0.1, -0.05) is 17.7 Å². The third-order valence-electron chi connectivity index (χ3n) is 4.93. The number of halogens is 3. The summed E-state index contributed by atoms with van der Waals surface area (Å²) in [4.78, 5) is 30.1. The average Bonchev–Trinajstić information content (AvgIpc) is 3.21. The summed E-state index contributed by atoms with van der Waals surface area (Å²) in [6.45, 7) is 3.05. The van der Waals surface area contributed by atoms with Crippen LogP contribution in [0.25, 0.3) is 5.69 Å². The number of carbonyl (C=O) groups excluding carboxylic acids is 2. The highest BCUT2D eigenvalue weighted by molar-refractivity contribution is 6.05. The predicted molar refractivity (Wildman–Crippen MR) is 111 cm³/mol. The molecule has 0 aliphatic carbocycles. The first-order chi connectivity index (χ1) is 15.2. The second kappa shape index (κ2) is 8.33. The Bertz CT molecular complexity index is 1140. The van der Waals surface area contributed by atoms with Crippen molar-refractivity contribution >= 4 is 23.3 Å². The molecule has 1 fully saturated rings. The molecule has 0 unspecified atom stereocenters. The zero-order valence-electron chi connectivity index (χ0n) is 17.0. The van der Waals surface area contributed by atoms with Crippen LogP contribution in [0.5, 0.6) is 0 Å². The number of aromatic nitrogens is 3. The van der Waals surface area contributed by atoms with Gasteiger partial charge in [0.15, 0.2) is 5.69 Å². The molecule has 0 atom stereocenters. The lowest BCUT2D eigenvalue weighted by atomic mass is 10.2. The Labute approximate surface area is 181 Å². The molecule has 1 saturated heterocycles. The predicted octanol–water partition coefficient (Wildman–Crippen LogP) is 2.78. The van der Waals surface area contributed by atoms with Crippen LogP contribution in [0.3, 0.4) is 0 Å². The van der Waals surface area contributed by atoms with E-state index in [2.05, 4.69) is 20.7 Å². The lowest BCUT2D eigenvalue weighted by Gasteiger charge is -2.27. The van der Waals surface area contributed by atoms with Gasteiger partial charge in [0, 0.05) is 13.1 Å². The summed E-state index contributed by atoms with van der Waals surface area (Å²) in [6.07, 6.45) is -2.57. The van der Waals surface area contributed by atoms with E-state index in [0.29, 0.717) is 23.6 Å². The van der Waals surface area contributed by atoms with Gasteiger partial charge in [-0.2, -0.15) is 18.3 Å². The summed E-state index contributed by atoms with van der Waals surface area (Å²) >= 11 is 0. The summed E-state index contributed by atoms with van der Waals surface area (Å²) in [6, 6.07) is 9.44. The fraction of sp³-hybridized carbons (Fsp3) is 0.238. The normalized spacial score (nSPS) is 14.2. The molecule has 0 bridgehead atoms. The van der Waals surface area contributed by atoms with E-state index in [9.17, 15) is 22.8 Å². The van der Waals surface area contributed by atoms with Crippen molar-refractivity contribution in [3.8, 4) is 5.69 Å². The molecule has 0 spiro atoms. The van der Waals surface area contributed by atoms with Crippen LogP contribution >= 0.6 is 0 Å². The molecule has 0 saturated carbocycles. The number of anilines is 2. The smallest absolute Gasteiger partial charge is 0.353 e. The topological polar surface area (TPSA) is 92.2 Å². The van der Waals surface area contributed by atoms with Gasteiger partial charge in [-0.15, -0.1) is 0 Å². The summed E-state index contributed by atoms with van der Waals surface area (Å²) in [7, 11) is 0. The van der Waals surface area contributed by atoms with Gasteiger partial charge < -0.3 is 15.5 Å². The first kappa shape index (κ1) is 21.3. The largest absolute Gasteiger partial charge is 0.434 e. The molecule has 0 radical (unpaired) electrons. The number of benzene rings is 1. The van der Waals surface area contributed by atoms with E-state index in [1.807, 2.05) is 6.92 Å². The van der Waals surface area contributed by atoms with Gasteiger partial charge >= 0.3 is 6.18 Å². The van der Waals surface area contributed by atoms with Crippen molar-refractivity contribution < 1.29 is 22.8 Å². The minimum atomic E-state index is -4.80. The second-order valence-electron chi connectivity index (χ2n) is 7.28. The summed E-state index contributed by atoms with van der Waals surface area (Å²) in [5, 5.41) is 8.94. The molecule has 2 N–H and O–H groups in total. The molecule has 2 amide bonds. The Morgan fingerprint density at radius 1 is 1.12 bits per heavy atom. The van der Waals surface area contributed by atoms with Crippen molar-refractivity contribution in [2.75, 3.05) is 29.9 Å². The SMILES string of the molecule is Cc1ccc(-n2ncc(C(=O)Nc3ccc(N4CCNC(=O)C4)nc3)c2C(F)(F)F)cc1. The number of rotatable bonds is 4. The van der Waals surface area contributed by atoms with E-state index in [0.717, 1.165) is 11.8 Å². The van der Waals surface area contributed by atoms with E-state index < -0.39 is 23.3 Å². The minimum Gasteiger partial charge on any atom is -0.353 e. The number of aryl methyl sites for hydroxylation is 1. The Balaban J connectivity index is 1.57. The van der Waals surface area contributed by atoms with Crippen molar-refractivity contribution in [2.24, 2.45) is 0 Å². The van der Waals surface area contributed by atoms with Gasteiger partial charge in [-0.3, -0.25) is 9.59 Å². The second-order valence-corrected chi connectivity index (χ2v) is 7.28. The first-order valence-corrected chi connectivity index (χ1v) is 9.73. The number of nitrogens with one attached hydrogen (secondary N) is 2. The van der Waals surface area contributed by atoms with Crippen molar-refractivity contribution in [2.45, 2.75) is 13.1 Å². The van der Waals surface area contributed by atoms with Crippen LogP contribution in [-0.2, 0) is 11.0 Å². The molecule has 3 aromatic rings. The maximum atomic E-state index is 13.8. The quantitative estimate of drug-likeness (QED) is 0.646. The maximum Gasteiger partial charge on any atom is 0.434 e. The van der Waals surface area contributed by atoms with Gasteiger partial charge in [0.2, 0.25) is 5.91 Å². The number of hydrogen-bond donors (Lipinski definition) is 2. The monoisotopic (exact) mass is 444 g/mol. The molecule has 8 nitrogen and oxygen atoms in total. The average molecular weight is 444 g/mol. The molecule has 1 aromatic carbocycles. The highest BCUT2D eigenvalue weighted by atomic mass is 19.4. The van der Waals surface area contributed by atoms with Crippen molar-refractivity contribution in [3.63, 3.8) is 0 Å². The Kier molecular flexibility index (Phi) is 5.56. The Morgan fingerprint density at radius 3 is 2.50 bits per heavy atom. The van der Waals surface area contributed by atoms with Crippen LogP contribution in [0, 0.1) is 6.92 Å². The van der Waals surface area contributed by atoms with Gasteiger partial charge in [0.05, 0.1) is 35.9 Å². The maximum absolute atomic E-state index is 13.8. The molecule has 32 heavy (non-hydrogen) atoms. The Morgan fingerprint density at radius 2 is 1.88 bits per heavy atom. The number of nitrogens with zero attached hydrogens (tertiary/aromatic N) is 4. The summed E-state index contributed by atoms with van der Waals surface area (Å²) in [5.41, 5.74) is -0.471. The number of carbonyl (C=O) groups is 2. The molecule has 11 heteroatoms. The van der Waals surface area contributed by atoms with Gasteiger partial charge in [-0.05, 0) is 31.2 Å². The zero-order valence-corrected chi connectivity index (χ0v) is 17.0. The number of piperazine rings is 1. The van der Waals surface area contributed by atoms with E-state index in [1.165, 1.54) is 24.4 Å². The first-order valence-electron chi connectivity index (χ1n) is 9.73. The highest BCUT2D eigenvalue weighted by Crippen LogP contribution is 2.34. The van der Waals surface area contributed by atoms with Crippen LogP contribution < -0.4 is 15.5 Å². The fourth-order valence-electron chi connectivity index (χ4n) is 3.35. The van der Waals surface area contributed by atoms with E-state index in [4.69, 9.17) is 0 Å². The molecule has 1 aliphatic heterocycles. The number of amides is 2. The molecule has 4 rings (SSSR count). The van der Waals surface area contributed by atoms with Gasteiger partial charge in [0.1, 0.15) is 5.82 Å². The standard InChI is InChI=1S/C21H19F3N6O2/c1-13-2-5-15(6-3-13)30-19(21(22,23)24)16(11-27-30)20(32)28-14-4-7-17(26-10-14)29-9-8-25-18(31)12-29/h2-7,10-11H,8-9,12H2,1H3,(H,25,31)(H,28,32). The molecule has 3 heterocycles. The van der Waals surface area contributed by atoms with Crippen LogP contribution in [-0.4, -0.2) is 46.2 Å². The van der Waals surface area contributed by atoms with Crippen molar-refractivity contribution in [3.05, 3.63) is 65.6 Å². The highest BCUT2D eigenvalue weighted by Gasteiger charge is 2.40.